The Kier molecular flexibility index (Phi) is 8.52. The Morgan fingerprint density at radius 2 is 1.65 bits per heavy atom. The molecular formula is C22H35N3O. The Bertz CT molecular complexity index is 557. The summed E-state index contributed by atoms with van der Waals surface area (Å²) in [5, 5.41) is 0. The third-order valence-corrected chi connectivity index (χ3v) is 5.06. The van der Waals surface area contributed by atoms with Gasteiger partial charge in [0.1, 0.15) is 0 Å². The zero-order valence-electron chi connectivity index (χ0n) is 16.8. The molecule has 4 nitrogen and oxygen atoms in total. The summed E-state index contributed by atoms with van der Waals surface area (Å²) in [7, 11) is 4.11. The summed E-state index contributed by atoms with van der Waals surface area (Å²) in [4.78, 5) is 18.8. The molecule has 1 aromatic carbocycles. The zero-order valence-corrected chi connectivity index (χ0v) is 16.8. The van der Waals surface area contributed by atoms with Crippen molar-refractivity contribution in [2.24, 2.45) is 0 Å². The van der Waals surface area contributed by atoms with Crippen LogP contribution in [0.1, 0.15) is 45.4 Å². The maximum Gasteiger partial charge on any atom is 0.246 e. The number of hydrogen-bond donors (Lipinski definition) is 0. The summed E-state index contributed by atoms with van der Waals surface area (Å²) in [6.45, 7) is 5.64. The summed E-state index contributed by atoms with van der Waals surface area (Å²) < 4.78 is 0. The minimum atomic E-state index is 0.168. The molecule has 0 saturated carbocycles. The van der Waals surface area contributed by atoms with Gasteiger partial charge in [-0.2, -0.15) is 0 Å². The molecule has 2 rings (SSSR count). The minimum absolute atomic E-state index is 0.168. The summed E-state index contributed by atoms with van der Waals surface area (Å²) in [6.07, 6.45) is 11.2. The molecule has 0 atom stereocenters. The van der Waals surface area contributed by atoms with Crippen molar-refractivity contribution in [3.05, 3.63) is 36.4 Å². The highest BCUT2D eigenvalue weighted by Gasteiger charge is 2.19. The normalized spacial score (nSPS) is 14.9. The van der Waals surface area contributed by atoms with Gasteiger partial charge >= 0.3 is 0 Å². The number of anilines is 2. The monoisotopic (exact) mass is 357 g/mol. The molecule has 0 aliphatic carbocycles. The number of rotatable bonds is 9. The predicted octanol–water partition coefficient (Wildman–Crippen LogP) is 4.32. The third-order valence-electron chi connectivity index (χ3n) is 5.06. The Morgan fingerprint density at radius 3 is 2.27 bits per heavy atom. The van der Waals surface area contributed by atoms with Crippen molar-refractivity contribution in [2.75, 3.05) is 50.1 Å². The molecule has 1 saturated heterocycles. The van der Waals surface area contributed by atoms with E-state index in [2.05, 4.69) is 61.2 Å². The van der Waals surface area contributed by atoms with E-state index in [1.165, 1.54) is 43.5 Å². The Labute approximate surface area is 159 Å². The first kappa shape index (κ1) is 20.3. The Hall–Kier alpha value is -1.97. The van der Waals surface area contributed by atoms with Crippen molar-refractivity contribution in [1.29, 1.82) is 0 Å². The minimum Gasteiger partial charge on any atom is -0.378 e. The second kappa shape index (κ2) is 10.9. The average molecular weight is 358 g/mol. The smallest absolute Gasteiger partial charge is 0.246 e. The molecule has 0 N–H and O–H groups in total. The first-order valence-corrected chi connectivity index (χ1v) is 10.1. The maximum atomic E-state index is 12.3. The van der Waals surface area contributed by atoms with E-state index in [0.29, 0.717) is 0 Å². The van der Waals surface area contributed by atoms with Crippen molar-refractivity contribution < 1.29 is 4.79 Å². The number of benzene rings is 1. The van der Waals surface area contributed by atoms with Crippen LogP contribution in [0.15, 0.2) is 36.4 Å². The van der Waals surface area contributed by atoms with Gasteiger partial charge in [-0.1, -0.05) is 38.7 Å². The number of allylic oxidation sites excluding steroid dienone is 1. The van der Waals surface area contributed by atoms with Gasteiger partial charge in [0.05, 0.1) is 0 Å². The number of carbonyl (C=O) groups excluding carboxylic acids is 1. The fraction of sp³-hybridized carbons (Fsp3) is 0.591. The molecular weight excluding hydrogens is 322 g/mol. The fourth-order valence-electron chi connectivity index (χ4n) is 3.30. The fourth-order valence-corrected chi connectivity index (χ4v) is 3.30. The first-order valence-electron chi connectivity index (χ1n) is 10.1. The topological polar surface area (TPSA) is 26.8 Å². The lowest BCUT2D eigenvalue weighted by molar-refractivity contribution is -0.126. The van der Waals surface area contributed by atoms with Gasteiger partial charge in [-0.15, -0.1) is 0 Å². The highest BCUT2D eigenvalue weighted by atomic mass is 16.2. The van der Waals surface area contributed by atoms with Gasteiger partial charge in [0.2, 0.25) is 5.91 Å². The van der Waals surface area contributed by atoms with Crippen molar-refractivity contribution in [1.82, 2.24) is 4.90 Å². The molecule has 0 unspecified atom stereocenters. The molecule has 1 aliphatic heterocycles. The second-order valence-electron chi connectivity index (χ2n) is 7.33. The van der Waals surface area contributed by atoms with Crippen LogP contribution < -0.4 is 9.80 Å². The molecule has 4 heteroatoms. The van der Waals surface area contributed by atoms with Gasteiger partial charge in [-0.05, 0) is 43.2 Å². The highest BCUT2D eigenvalue weighted by molar-refractivity contribution is 5.87. The second-order valence-corrected chi connectivity index (χ2v) is 7.33. The van der Waals surface area contributed by atoms with Gasteiger partial charge < -0.3 is 14.7 Å². The molecule has 26 heavy (non-hydrogen) atoms. The third kappa shape index (κ3) is 6.40. The highest BCUT2D eigenvalue weighted by Crippen LogP contribution is 2.20. The molecule has 0 radical (unpaired) electrons. The van der Waals surface area contributed by atoms with Gasteiger partial charge in [0.15, 0.2) is 0 Å². The van der Waals surface area contributed by atoms with Crippen molar-refractivity contribution >= 4 is 17.3 Å². The molecule has 144 valence electrons. The molecule has 1 fully saturated rings. The predicted molar refractivity (Wildman–Crippen MR) is 112 cm³/mol. The molecule has 0 aromatic heterocycles. The number of hydrogen-bond acceptors (Lipinski definition) is 3. The lowest BCUT2D eigenvalue weighted by atomic mass is 10.1. The van der Waals surface area contributed by atoms with Crippen LogP contribution in [0.3, 0.4) is 0 Å². The first-order chi connectivity index (χ1) is 12.6. The van der Waals surface area contributed by atoms with Crippen molar-refractivity contribution in [2.45, 2.75) is 45.4 Å². The summed E-state index contributed by atoms with van der Waals surface area (Å²) in [5.41, 5.74) is 2.45. The Morgan fingerprint density at radius 1 is 1.00 bits per heavy atom. The number of nitrogens with zero attached hydrogens (tertiary/aromatic N) is 3. The van der Waals surface area contributed by atoms with E-state index in [9.17, 15) is 4.79 Å². The summed E-state index contributed by atoms with van der Waals surface area (Å²) in [5.74, 6) is 0.168. The summed E-state index contributed by atoms with van der Waals surface area (Å²) in [6, 6.07) is 8.64. The maximum absolute atomic E-state index is 12.3. The molecule has 1 aliphatic rings. The van der Waals surface area contributed by atoms with E-state index in [1.54, 1.807) is 6.08 Å². The number of carbonyl (C=O) groups is 1. The zero-order chi connectivity index (χ0) is 18.8. The lowest BCUT2D eigenvalue weighted by Crippen LogP contribution is -2.48. The lowest BCUT2D eigenvalue weighted by Gasteiger charge is -2.35. The number of amides is 1. The van der Waals surface area contributed by atoms with Gasteiger partial charge in [-0.3, -0.25) is 4.79 Å². The molecule has 1 heterocycles. The Balaban J connectivity index is 1.71. The van der Waals surface area contributed by atoms with E-state index in [4.69, 9.17) is 0 Å². The standard InChI is InChI=1S/C22H35N3O/c1-4-5-6-7-8-9-10-11-22(26)25-18-16-24(17-19-25)21-14-12-20(13-15-21)23(2)3/h10-15H,4-9,16-19H2,1-3H3/b11-10+. The van der Waals surface area contributed by atoms with Crippen LogP contribution in [-0.4, -0.2) is 51.1 Å². The van der Waals surface area contributed by atoms with E-state index in [1.807, 2.05) is 4.90 Å². The van der Waals surface area contributed by atoms with Crippen LogP contribution in [0.25, 0.3) is 0 Å². The van der Waals surface area contributed by atoms with Crippen molar-refractivity contribution in [3.63, 3.8) is 0 Å². The van der Waals surface area contributed by atoms with Crippen LogP contribution >= 0.6 is 0 Å². The van der Waals surface area contributed by atoms with Crippen LogP contribution in [0.5, 0.6) is 0 Å². The average Bonchev–Trinajstić information content (AvgIpc) is 2.67. The van der Waals surface area contributed by atoms with Crippen LogP contribution in [0.4, 0.5) is 11.4 Å². The van der Waals surface area contributed by atoms with E-state index < -0.39 is 0 Å². The van der Waals surface area contributed by atoms with Crippen LogP contribution in [-0.2, 0) is 4.79 Å². The van der Waals surface area contributed by atoms with Gasteiger partial charge in [-0.25, -0.2) is 0 Å². The van der Waals surface area contributed by atoms with Gasteiger partial charge in [0, 0.05) is 51.6 Å². The van der Waals surface area contributed by atoms with E-state index >= 15 is 0 Å². The van der Waals surface area contributed by atoms with Crippen LogP contribution in [0.2, 0.25) is 0 Å². The number of piperazine rings is 1. The van der Waals surface area contributed by atoms with E-state index in [0.717, 1.165) is 32.6 Å². The molecule has 1 aromatic rings. The molecule has 1 amide bonds. The number of unbranched alkanes of at least 4 members (excludes halogenated alkanes) is 5. The quantitative estimate of drug-likeness (QED) is 0.486. The largest absolute Gasteiger partial charge is 0.378 e. The van der Waals surface area contributed by atoms with Gasteiger partial charge in [0.25, 0.3) is 0 Å². The van der Waals surface area contributed by atoms with Crippen LogP contribution in [0, 0.1) is 0 Å². The molecule has 0 spiro atoms. The molecule has 0 bridgehead atoms. The SMILES string of the molecule is CCCCCCC/C=C/C(=O)N1CCN(c2ccc(N(C)C)cc2)CC1. The van der Waals surface area contributed by atoms with E-state index in [-0.39, 0.29) is 5.91 Å². The van der Waals surface area contributed by atoms with Crippen molar-refractivity contribution in [3.8, 4) is 0 Å². The summed E-state index contributed by atoms with van der Waals surface area (Å²) >= 11 is 0.